The second-order valence-electron chi connectivity index (χ2n) is 14.2. The molecule has 1 N–H and O–H groups in total. The highest BCUT2D eigenvalue weighted by Gasteiger charge is 2.44. The van der Waals surface area contributed by atoms with Gasteiger partial charge in [-0.15, -0.1) is 0 Å². The molecular formula is C32H51NO2Si. The standard InChI is InChI=1S/C32H51NO2Si/c1-20(2)17-23-13-15-24(16-14-23)30(34)28-22(5)27-25(33-29(28)21(3)4)18-32(9,10)19-26(27)35-36(11,12)31(6,7)8/h13-16,20-21,26,30,34H,17-19H2,1-12H3. The van der Waals surface area contributed by atoms with Crippen molar-refractivity contribution in [3.05, 3.63) is 63.5 Å². The van der Waals surface area contributed by atoms with Crippen molar-refractivity contribution < 1.29 is 9.53 Å². The van der Waals surface area contributed by atoms with E-state index in [2.05, 4.69) is 107 Å². The van der Waals surface area contributed by atoms with Crippen LogP contribution in [0.5, 0.6) is 0 Å². The first-order valence-electron chi connectivity index (χ1n) is 13.9. The maximum absolute atomic E-state index is 11.8. The molecule has 3 nitrogen and oxygen atoms in total. The van der Waals surface area contributed by atoms with Gasteiger partial charge in [-0.2, -0.15) is 0 Å². The fourth-order valence-electron chi connectivity index (χ4n) is 5.40. The first-order chi connectivity index (χ1) is 16.4. The third-order valence-corrected chi connectivity index (χ3v) is 12.8. The molecule has 200 valence electrons. The van der Waals surface area contributed by atoms with Gasteiger partial charge in [-0.3, -0.25) is 4.98 Å². The molecule has 1 aromatic heterocycles. The topological polar surface area (TPSA) is 42.4 Å². The SMILES string of the molecule is Cc1c2c(nc(C(C)C)c1C(O)c1ccc(CC(C)C)cc1)CC(C)(C)CC2O[Si](C)(C)C(C)(C)C. The van der Waals surface area contributed by atoms with Crippen LogP contribution < -0.4 is 0 Å². The molecule has 4 heteroatoms. The summed E-state index contributed by atoms with van der Waals surface area (Å²) in [5.74, 6) is 0.839. The number of aliphatic hydroxyl groups is 1. The van der Waals surface area contributed by atoms with Crippen LogP contribution in [0.2, 0.25) is 18.1 Å². The Hall–Kier alpha value is -1.49. The van der Waals surface area contributed by atoms with Crippen molar-refractivity contribution in [2.24, 2.45) is 11.3 Å². The van der Waals surface area contributed by atoms with Gasteiger partial charge in [-0.25, -0.2) is 0 Å². The van der Waals surface area contributed by atoms with Crippen LogP contribution in [0, 0.1) is 18.3 Å². The van der Waals surface area contributed by atoms with Crippen LogP contribution in [0.1, 0.15) is 126 Å². The Balaban J connectivity index is 2.14. The van der Waals surface area contributed by atoms with E-state index in [1.165, 1.54) is 22.4 Å². The van der Waals surface area contributed by atoms with Crippen molar-refractivity contribution in [1.82, 2.24) is 4.98 Å². The summed E-state index contributed by atoms with van der Waals surface area (Å²) in [6.07, 6.45) is 2.29. The number of benzene rings is 1. The van der Waals surface area contributed by atoms with E-state index in [-0.39, 0.29) is 22.5 Å². The summed E-state index contributed by atoms with van der Waals surface area (Å²) in [5, 5.41) is 11.9. The molecule has 2 unspecified atom stereocenters. The highest BCUT2D eigenvalue weighted by Crippen LogP contribution is 2.49. The Morgan fingerprint density at radius 3 is 2.17 bits per heavy atom. The average molecular weight is 510 g/mol. The maximum atomic E-state index is 11.8. The lowest BCUT2D eigenvalue weighted by Gasteiger charge is -2.45. The summed E-state index contributed by atoms with van der Waals surface area (Å²) in [6.45, 7) is 27.3. The van der Waals surface area contributed by atoms with Crippen molar-refractivity contribution >= 4 is 8.32 Å². The van der Waals surface area contributed by atoms with Crippen molar-refractivity contribution in [3.8, 4) is 0 Å². The van der Waals surface area contributed by atoms with E-state index in [0.29, 0.717) is 5.92 Å². The van der Waals surface area contributed by atoms with Crippen LogP contribution in [-0.2, 0) is 17.3 Å². The number of nitrogens with zero attached hydrogens (tertiary/aromatic N) is 1. The van der Waals surface area contributed by atoms with Gasteiger partial charge in [0.2, 0.25) is 0 Å². The molecule has 1 aliphatic carbocycles. The van der Waals surface area contributed by atoms with Gasteiger partial charge in [0.15, 0.2) is 8.32 Å². The van der Waals surface area contributed by atoms with E-state index in [0.717, 1.165) is 36.1 Å². The third-order valence-electron chi connectivity index (χ3n) is 8.36. The summed E-state index contributed by atoms with van der Waals surface area (Å²) >= 11 is 0. The first-order valence-corrected chi connectivity index (χ1v) is 16.8. The smallest absolute Gasteiger partial charge is 0.192 e. The summed E-state index contributed by atoms with van der Waals surface area (Å²) in [5.41, 5.74) is 7.94. The summed E-state index contributed by atoms with van der Waals surface area (Å²) in [7, 11) is -2.00. The molecule has 0 fully saturated rings. The minimum Gasteiger partial charge on any atom is -0.410 e. The number of aromatic nitrogens is 1. The largest absolute Gasteiger partial charge is 0.410 e. The molecule has 0 radical (unpaired) electrons. The highest BCUT2D eigenvalue weighted by atomic mass is 28.4. The van der Waals surface area contributed by atoms with Gasteiger partial charge in [-0.1, -0.05) is 86.6 Å². The van der Waals surface area contributed by atoms with E-state index in [4.69, 9.17) is 9.41 Å². The van der Waals surface area contributed by atoms with Crippen molar-refractivity contribution in [2.45, 2.75) is 125 Å². The van der Waals surface area contributed by atoms with Crippen LogP contribution in [-0.4, -0.2) is 18.4 Å². The molecule has 1 aliphatic rings. The molecule has 0 saturated carbocycles. The molecular weight excluding hydrogens is 458 g/mol. The van der Waals surface area contributed by atoms with Gasteiger partial charge < -0.3 is 9.53 Å². The number of fused-ring (bicyclic) bond motifs is 1. The van der Waals surface area contributed by atoms with Gasteiger partial charge >= 0.3 is 0 Å². The van der Waals surface area contributed by atoms with Crippen LogP contribution in [0.15, 0.2) is 24.3 Å². The molecule has 1 aromatic carbocycles. The van der Waals surface area contributed by atoms with E-state index < -0.39 is 14.4 Å². The Morgan fingerprint density at radius 2 is 1.67 bits per heavy atom. The molecule has 0 amide bonds. The lowest BCUT2D eigenvalue weighted by atomic mass is 9.72. The summed E-state index contributed by atoms with van der Waals surface area (Å²) in [4.78, 5) is 5.29. The predicted octanol–water partition coefficient (Wildman–Crippen LogP) is 8.83. The Kier molecular flexibility index (Phi) is 8.35. The molecule has 0 spiro atoms. The monoisotopic (exact) mass is 509 g/mol. The highest BCUT2D eigenvalue weighted by molar-refractivity contribution is 6.74. The zero-order valence-electron chi connectivity index (χ0n) is 25.0. The van der Waals surface area contributed by atoms with Gasteiger partial charge in [0.25, 0.3) is 0 Å². The lowest BCUT2D eigenvalue weighted by Crippen LogP contribution is -2.44. The fourth-order valence-corrected chi connectivity index (χ4v) is 6.67. The molecule has 1 heterocycles. The molecule has 0 bridgehead atoms. The normalized spacial score (nSPS) is 19.0. The number of pyridine rings is 1. The van der Waals surface area contributed by atoms with Gasteiger partial charge in [-0.05, 0) is 78.3 Å². The molecule has 2 atom stereocenters. The van der Waals surface area contributed by atoms with E-state index in [1.807, 2.05) is 0 Å². The second-order valence-corrected chi connectivity index (χ2v) is 19.0. The predicted molar refractivity (Wildman–Crippen MR) is 155 cm³/mol. The van der Waals surface area contributed by atoms with E-state index in [1.54, 1.807) is 0 Å². The van der Waals surface area contributed by atoms with Crippen molar-refractivity contribution in [1.29, 1.82) is 0 Å². The fraction of sp³-hybridized carbons (Fsp3) is 0.656. The minimum atomic E-state index is -2.00. The maximum Gasteiger partial charge on any atom is 0.192 e. The van der Waals surface area contributed by atoms with Crippen molar-refractivity contribution in [2.75, 3.05) is 0 Å². The second kappa shape index (κ2) is 10.3. The van der Waals surface area contributed by atoms with Crippen LogP contribution in [0.4, 0.5) is 0 Å². The Morgan fingerprint density at radius 1 is 1.08 bits per heavy atom. The molecule has 0 saturated heterocycles. The zero-order chi connectivity index (χ0) is 27.2. The molecule has 36 heavy (non-hydrogen) atoms. The summed E-state index contributed by atoms with van der Waals surface area (Å²) < 4.78 is 7.10. The van der Waals surface area contributed by atoms with Crippen LogP contribution in [0.3, 0.4) is 0 Å². The number of aliphatic hydroxyl groups excluding tert-OH is 1. The number of hydrogen-bond donors (Lipinski definition) is 1. The van der Waals surface area contributed by atoms with Crippen LogP contribution in [0.25, 0.3) is 0 Å². The molecule has 2 aromatic rings. The van der Waals surface area contributed by atoms with Gasteiger partial charge in [0, 0.05) is 22.5 Å². The average Bonchev–Trinajstić information content (AvgIpc) is 2.70. The molecule has 3 rings (SSSR count). The first kappa shape index (κ1) is 29.1. The van der Waals surface area contributed by atoms with E-state index in [9.17, 15) is 5.11 Å². The number of hydrogen-bond acceptors (Lipinski definition) is 3. The Labute approximate surface area is 222 Å². The van der Waals surface area contributed by atoms with Gasteiger partial charge in [0.1, 0.15) is 6.10 Å². The van der Waals surface area contributed by atoms with Crippen LogP contribution >= 0.6 is 0 Å². The Bertz CT molecular complexity index is 1060. The van der Waals surface area contributed by atoms with Gasteiger partial charge in [0.05, 0.1) is 6.10 Å². The quantitative estimate of drug-likeness (QED) is 0.379. The van der Waals surface area contributed by atoms with E-state index >= 15 is 0 Å². The minimum absolute atomic E-state index is 0.0118. The summed E-state index contributed by atoms with van der Waals surface area (Å²) in [6, 6.07) is 8.53. The number of rotatable bonds is 7. The zero-order valence-corrected chi connectivity index (χ0v) is 26.0. The molecule has 0 aliphatic heterocycles. The third kappa shape index (κ3) is 6.14. The van der Waals surface area contributed by atoms with Crippen molar-refractivity contribution in [3.63, 3.8) is 0 Å². The lowest BCUT2D eigenvalue weighted by molar-refractivity contribution is 0.105.